The van der Waals surface area contributed by atoms with E-state index in [4.69, 9.17) is 10.8 Å². The molecule has 0 aliphatic heterocycles. The molecule has 0 radical (unpaired) electrons. The summed E-state index contributed by atoms with van der Waals surface area (Å²) in [5.74, 6) is 0.417. The summed E-state index contributed by atoms with van der Waals surface area (Å²) in [7, 11) is 0. The summed E-state index contributed by atoms with van der Waals surface area (Å²) in [4.78, 5) is 0. The Morgan fingerprint density at radius 2 is 2.12 bits per heavy atom. The van der Waals surface area contributed by atoms with E-state index in [9.17, 15) is 0 Å². The van der Waals surface area contributed by atoms with Gasteiger partial charge in [-0.1, -0.05) is 0 Å². The van der Waals surface area contributed by atoms with Gasteiger partial charge in [0.05, 0.1) is 6.10 Å². The van der Waals surface area contributed by atoms with Gasteiger partial charge in [-0.25, -0.2) is 0 Å². The molecule has 2 atom stereocenters. The third-order valence-electron chi connectivity index (χ3n) is 1.68. The van der Waals surface area contributed by atoms with Crippen LogP contribution < -0.4 is 5.73 Å². The first kappa shape index (κ1) is 8.21. The lowest BCUT2D eigenvalue weighted by Crippen LogP contribution is -2.36. The van der Waals surface area contributed by atoms with Crippen molar-refractivity contribution in [3.63, 3.8) is 0 Å². The second kappa shape index (κ2) is 3.28. The van der Waals surface area contributed by atoms with E-state index >= 15 is 0 Å². The minimum Gasteiger partial charge on any atom is -0.393 e. The molecule has 0 aromatic heterocycles. The molecule has 0 heterocycles. The highest BCUT2D eigenvalue weighted by atomic mass is 35.5. The monoisotopic (exact) mass is 137 g/mol. The molecule has 0 aromatic rings. The van der Waals surface area contributed by atoms with Gasteiger partial charge in [-0.3, -0.25) is 0 Å². The SMILES string of the molecule is Cl.NC[C@H]1CC[C@H]1O. The van der Waals surface area contributed by atoms with E-state index in [2.05, 4.69) is 0 Å². The molecule has 3 heteroatoms. The van der Waals surface area contributed by atoms with Crippen LogP contribution in [0.2, 0.25) is 0 Å². The fraction of sp³-hybridized carbons (Fsp3) is 1.00. The van der Waals surface area contributed by atoms with Crippen molar-refractivity contribution in [1.82, 2.24) is 0 Å². The summed E-state index contributed by atoms with van der Waals surface area (Å²) < 4.78 is 0. The van der Waals surface area contributed by atoms with Crippen LogP contribution in [0.25, 0.3) is 0 Å². The Balaban J connectivity index is 0.000000490. The summed E-state index contributed by atoms with van der Waals surface area (Å²) in [5.41, 5.74) is 5.26. The summed E-state index contributed by atoms with van der Waals surface area (Å²) in [6, 6.07) is 0. The van der Waals surface area contributed by atoms with Crippen molar-refractivity contribution in [2.75, 3.05) is 6.54 Å². The second-order valence-electron chi connectivity index (χ2n) is 2.14. The zero-order valence-electron chi connectivity index (χ0n) is 4.71. The topological polar surface area (TPSA) is 46.2 Å². The quantitative estimate of drug-likeness (QED) is 0.540. The van der Waals surface area contributed by atoms with Gasteiger partial charge in [-0.15, -0.1) is 12.4 Å². The average Bonchev–Trinajstić information content (AvgIpc) is 1.65. The molecule has 1 fully saturated rings. The molecule has 1 aliphatic rings. The Morgan fingerprint density at radius 3 is 2.12 bits per heavy atom. The maximum absolute atomic E-state index is 8.83. The molecule has 0 saturated heterocycles. The molecule has 0 aromatic carbocycles. The van der Waals surface area contributed by atoms with Gasteiger partial charge in [0.25, 0.3) is 0 Å². The highest BCUT2D eigenvalue weighted by Gasteiger charge is 2.26. The van der Waals surface area contributed by atoms with E-state index in [-0.39, 0.29) is 18.5 Å². The lowest BCUT2D eigenvalue weighted by molar-refractivity contribution is 0.0292. The number of aliphatic hydroxyl groups excluding tert-OH is 1. The predicted molar refractivity (Wildman–Crippen MR) is 35.0 cm³/mol. The normalized spacial score (nSPS) is 35.2. The van der Waals surface area contributed by atoms with E-state index in [1.807, 2.05) is 0 Å². The molecule has 3 N–H and O–H groups in total. The number of hydrogen-bond acceptors (Lipinski definition) is 2. The summed E-state index contributed by atoms with van der Waals surface area (Å²) in [6.07, 6.45) is 2.00. The van der Waals surface area contributed by atoms with E-state index in [0.29, 0.717) is 12.5 Å². The maximum Gasteiger partial charge on any atom is 0.0580 e. The van der Waals surface area contributed by atoms with Gasteiger partial charge in [-0.05, 0) is 25.3 Å². The minimum atomic E-state index is -0.0787. The molecule has 1 aliphatic carbocycles. The Bertz CT molecular complexity index is 67.4. The molecule has 50 valence electrons. The maximum atomic E-state index is 8.83. The zero-order chi connectivity index (χ0) is 5.28. The van der Waals surface area contributed by atoms with Crippen LogP contribution in [0.5, 0.6) is 0 Å². The predicted octanol–water partition coefficient (Wildman–Crippen LogP) is 0.138. The van der Waals surface area contributed by atoms with Crippen LogP contribution in [0, 0.1) is 5.92 Å². The third kappa shape index (κ3) is 1.34. The average molecular weight is 138 g/mol. The van der Waals surface area contributed by atoms with Gasteiger partial charge in [0.15, 0.2) is 0 Å². The second-order valence-corrected chi connectivity index (χ2v) is 2.14. The van der Waals surface area contributed by atoms with Gasteiger partial charge in [0.1, 0.15) is 0 Å². The van der Waals surface area contributed by atoms with Gasteiger partial charge >= 0.3 is 0 Å². The van der Waals surface area contributed by atoms with Crippen molar-refractivity contribution in [3.05, 3.63) is 0 Å². The van der Waals surface area contributed by atoms with Crippen molar-refractivity contribution in [1.29, 1.82) is 0 Å². The molecular weight excluding hydrogens is 126 g/mol. The van der Waals surface area contributed by atoms with Crippen LogP contribution in [0.1, 0.15) is 12.8 Å². The zero-order valence-corrected chi connectivity index (χ0v) is 5.53. The number of nitrogens with two attached hydrogens (primary N) is 1. The molecule has 0 amide bonds. The lowest BCUT2D eigenvalue weighted by Gasteiger charge is -2.30. The first-order chi connectivity index (χ1) is 3.34. The molecule has 0 bridgehead atoms. The van der Waals surface area contributed by atoms with Crippen molar-refractivity contribution in [2.24, 2.45) is 11.7 Å². The third-order valence-corrected chi connectivity index (χ3v) is 1.68. The van der Waals surface area contributed by atoms with Gasteiger partial charge in [-0.2, -0.15) is 0 Å². The van der Waals surface area contributed by atoms with Crippen molar-refractivity contribution >= 4 is 12.4 Å². The van der Waals surface area contributed by atoms with E-state index in [1.165, 1.54) is 0 Å². The molecular formula is C5H12ClNO. The lowest BCUT2D eigenvalue weighted by atomic mass is 9.82. The number of aliphatic hydroxyl groups is 1. The van der Waals surface area contributed by atoms with Crippen LogP contribution in [-0.2, 0) is 0 Å². The van der Waals surface area contributed by atoms with Crippen LogP contribution in [0.3, 0.4) is 0 Å². The van der Waals surface area contributed by atoms with Gasteiger partial charge in [0, 0.05) is 0 Å². The van der Waals surface area contributed by atoms with E-state index in [0.717, 1.165) is 12.8 Å². The smallest absolute Gasteiger partial charge is 0.0580 e. The fourth-order valence-corrected chi connectivity index (χ4v) is 0.826. The first-order valence-electron chi connectivity index (χ1n) is 2.72. The number of hydrogen-bond donors (Lipinski definition) is 2. The highest BCUT2D eigenvalue weighted by molar-refractivity contribution is 5.85. The Hall–Kier alpha value is 0.210. The van der Waals surface area contributed by atoms with Crippen LogP contribution in [0.15, 0.2) is 0 Å². The Labute approximate surface area is 55.5 Å². The summed E-state index contributed by atoms with van der Waals surface area (Å²) in [5, 5.41) is 8.83. The Morgan fingerprint density at radius 1 is 1.50 bits per heavy atom. The molecule has 2 nitrogen and oxygen atoms in total. The standard InChI is InChI=1S/C5H11NO.ClH/c6-3-4-1-2-5(4)7;/h4-5,7H,1-3,6H2;1H/t4-,5-;/m1./s1. The summed E-state index contributed by atoms with van der Waals surface area (Å²) >= 11 is 0. The van der Waals surface area contributed by atoms with E-state index in [1.54, 1.807) is 0 Å². The van der Waals surface area contributed by atoms with Crippen LogP contribution in [0.4, 0.5) is 0 Å². The van der Waals surface area contributed by atoms with Crippen molar-refractivity contribution < 1.29 is 5.11 Å². The summed E-state index contributed by atoms with van der Waals surface area (Å²) in [6.45, 7) is 0.654. The largest absolute Gasteiger partial charge is 0.393 e. The van der Waals surface area contributed by atoms with Crippen molar-refractivity contribution in [3.8, 4) is 0 Å². The molecule has 1 rings (SSSR count). The minimum absolute atomic E-state index is 0. The molecule has 1 saturated carbocycles. The van der Waals surface area contributed by atoms with Gasteiger partial charge in [0.2, 0.25) is 0 Å². The first-order valence-corrected chi connectivity index (χ1v) is 2.72. The highest BCUT2D eigenvalue weighted by Crippen LogP contribution is 2.25. The fourth-order valence-electron chi connectivity index (χ4n) is 0.826. The number of rotatable bonds is 1. The van der Waals surface area contributed by atoms with Gasteiger partial charge < -0.3 is 10.8 Å². The van der Waals surface area contributed by atoms with Crippen LogP contribution in [-0.4, -0.2) is 17.8 Å². The van der Waals surface area contributed by atoms with Crippen LogP contribution >= 0.6 is 12.4 Å². The molecule has 0 unspecified atom stereocenters. The van der Waals surface area contributed by atoms with E-state index < -0.39 is 0 Å². The van der Waals surface area contributed by atoms with Crippen molar-refractivity contribution in [2.45, 2.75) is 18.9 Å². The molecule has 0 spiro atoms. The molecule has 8 heavy (non-hydrogen) atoms. The Kier molecular flexibility index (Phi) is 3.36. The number of halogens is 1.